The lowest BCUT2D eigenvalue weighted by molar-refractivity contribution is -0.142. The number of rotatable bonds is 4. The fourth-order valence-corrected chi connectivity index (χ4v) is 2.20. The number of hydrogen-bond acceptors (Lipinski definition) is 5. The van der Waals surface area contributed by atoms with E-state index in [0.717, 1.165) is 11.3 Å². The lowest BCUT2D eigenvalue weighted by Crippen LogP contribution is -2.23. The molecule has 0 radical (unpaired) electrons. The number of carbonyl (C=O) groups is 2. The first-order chi connectivity index (χ1) is 9.10. The van der Waals surface area contributed by atoms with Crippen molar-refractivity contribution in [3.63, 3.8) is 0 Å². The monoisotopic (exact) mass is 264 g/mol. The first kappa shape index (κ1) is 13.5. The number of methoxy groups -OCH3 is 1. The summed E-state index contributed by atoms with van der Waals surface area (Å²) < 4.78 is 4.57. The number of hydrogen-bond donors (Lipinski definition) is 1. The Kier molecular flexibility index (Phi) is 4.09. The van der Waals surface area contributed by atoms with E-state index in [-0.39, 0.29) is 18.3 Å². The zero-order valence-corrected chi connectivity index (χ0v) is 10.8. The maximum absolute atomic E-state index is 11.0. The van der Waals surface area contributed by atoms with Crippen LogP contribution >= 0.6 is 0 Å². The summed E-state index contributed by atoms with van der Waals surface area (Å²) >= 11 is 0. The van der Waals surface area contributed by atoms with Crippen LogP contribution in [0.5, 0.6) is 0 Å². The predicted molar refractivity (Wildman–Crippen MR) is 65.5 cm³/mol. The summed E-state index contributed by atoms with van der Waals surface area (Å²) in [6, 6.07) is 0. The second kappa shape index (κ2) is 5.77. The first-order valence-corrected chi connectivity index (χ1v) is 6.23. The Bertz CT molecular complexity index is 501. The smallest absolute Gasteiger partial charge is 0.306 e. The standard InChI is InChI=1S/C13H16N2O4/c1-19-12(16)5-4-11-14-7-9-6-8(13(17)18)2-3-10(9)15-11/h7-8H,2-6H2,1H3,(H,17,18). The molecule has 102 valence electrons. The molecule has 0 saturated carbocycles. The van der Waals surface area contributed by atoms with Crippen LogP contribution in [0.1, 0.15) is 29.9 Å². The summed E-state index contributed by atoms with van der Waals surface area (Å²) in [5, 5.41) is 9.00. The van der Waals surface area contributed by atoms with Crippen molar-refractivity contribution in [3.8, 4) is 0 Å². The van der Waals surface area contributed by atoms with Gasteiger partial charge in [0.2, 0.25) is 0 Å². The summed E-state index contributed by atoms with van der Waals surface area (Å²) in [6.07, 6.45) is 4.14. The van der Waals surface area contributed by atoms with Crippen LogP contribution in [0.25, 0.3) is 0 Å². The number of aryl methyl sites for hydroxylation is 2. The van der Waals surface area contributed by atoms with Crippen LogP contribution in [0.2, 0.25) is 0 Å². The van der Waals surface area contributed by atoms with Gasteiger partial charge >= 0.3 is 11.9 Å². The van der Waals surface area contributed by atoms with Gasteiger partial charge in [0.25, 0.3) is 0 Å². The molecule has 6 nitrogen and oxygen atoms in total. The first-order valence-electron chi connectivity index (χ1n) is 6.23. The van der Waals surface area contributed by atoms with E-state index in [2.05, 4.69) is 14.7 Å². The highest BCUT2D eigenvalue weighted by Crippen LogP contribution is 2.24. The molecule has 1 N–H and O–H groups in total. The summed E-state index contributed by atoms with van der Waals surface area (Å²) in [4.78, 5) is 30.6. The van der Waals surface area contributed by atoms with Crippen molar-refractivity contribution >= 4 is 11.9 Å². The molecule has 0 fully saturated rings. The molecule has 0 aromatic carbocycles. The number of carboxylic acid groups (broad SMARTS) is 1. The van der Waals surface area contributed by atoms with Crippen LogP contribution in [-0.2, 0) is 33.6 Å². The lowest BCUT2D eigenvalue weighted by atomic mass is 9.87. The third-order valence-electron chi connectivity index (χ3n) is 3.33. The molecule has 1 aliphatic rings. The van der Waals surface area contributed by atoms with Gasteiger partial charge in [0.05, 0.1) is 19.4 Å². The zero-order chi connectivity index (χ0) is 13.8. The van der Waals surface area contributed by atoms with Crippen molar-refractivity contribution in [2.75, 3.05) is 7.11 Å². The maximum atomic E-state index is 11.0. The van der Waals surface area contributed by atoms with Crippen molar-refractivity contribution < 1.29 is 19.4 Å². The molecule has 1 aromatic rings. The van der Waals surface area contributed by atoms with Crippen molar-refractivity contribution in [1.29, 1.82) is 0 Å². The fraction of sp³-hybridized carbons (Fsp3) is 0.538. The van der Waals surface area contributed by atoms with E-state index in [1.165, 1.54) is 7.11 Å². The molecule has 1 unspecified atom stereocenters. The Morgan fingerprint density at radius 1 is 1.53 bits per heavy atom. The SMILES string of the molecule is COC(=O)CCc1ncc2c(n1)CCC(C(=O)O)C2. The minimum atomic E-state index is -0.764. The van der Waals surface area contributed by atoms with Crippen molar-refractivity contribution in [1.82, 2.24) is 9.97 Å². The minimum Gasteiger partial charge on any atom is -0.481 e. The van der Waals surface area contributed by atoms with Gasteiger partial charge in [-0.3, -0.25) is 9.59 Å². The van der Waals surface area contributed by atoms with Gasteiger partial charge in [-0.25, -0.2) is 9.97 Å². The van der Waals surface area contributed by atoms with Gasteiger partial charge < -0.3 is 9.84 Å². The molecule has 19 heavy (non-hydrogen) atoms. The average Bonchev–Trinajstić information content (AvgIpc) is 2.43. The number of ether oxygens (including phenoxy) is 1. The number of aliphatic carboxylic acids is 1. The van der Waals surface area contributed by atoms with E-state index in [9.17, 15) is 9.59 Å². The molecule has 0 aliphatic heterocycles. The van der Waals surface area contributed by atoms with Crippen LogP contribution in [0, 0.1) is 5.92 Å². The van der Waals surface area contributed by atoms with E-state index in [1.807, 2.05) is 0 Å². The number of esters is 1. The van der Waals surface area contributed by atoms with E-state index >= 15 is 0 Å². The zero-order valence-electron chi connectivity index (χ0n) is 10.8. The topological polar surface area (TPSA) is 89.4 Å². The largest absolute Gasteiger partial charge is 0.481 e. The van der Waals surface area contributed by atoms with Gasteiger partial charge in [-0.1, -0.05) is 0 Å². The van der Waals surface area contributed by atoms with E-state index in [0.29, 0.717) is 31.5 Å². The Labute approximate surface area is 110 Å². The van der Waals surface area contributed by atoms with Gasteiger partial charge in [0.15, 0.2) is 0 Å². The molecule has 1 atom stereocenters. The highest BCUT2D eigenvalue weighted by molar-refractivity contribution is 5.71. The molecular weight excluding hydrogens is 248 g/mol. The molecule has 0 amide bonds. The molecule has 2 rings (SSSR count). The average molecular weight is 264 g/mol. The minimum absolute atomic E-state index is 0.257. The van der Waals surface area contributed by atoms with E-state index in [4.69, 9.17) is 5.11 Å². The highest BCUT2D eigenvalue weighted by Gasteiger charge is 2.25. The Morgan fingerprint density at radius 2 is 2.32 bits per heavy atom. The van der Waals surface area contributed by atoms with Crippen LogP contribution in [0.15, 0.2) is 6.20 Å². The van der Waals surface area contributed by atoms with Crippen LogP contribution < -0.4 is 0 Å². The van der Waals surface area contributed by atoms with E-state index < -0.39 is 5.97 Å². The Morgan fingerprint density at radius 3 is 3.00 bits per heavy atom. The van der Waals surface area contributed by atoms with Gasteiger partial charge in [-0.2, -0.15) is 0 Å². The third kappa shape index (κ3) is 3.27. The second-order valence-electron chi connectivity index (χ2n) is 4.61. The van der Waals surface area contributed by atoms with Gasteiger partial charge in [0, 0.05) is 18.3 Å². The highest BCUT2D eigenvalue weighted by atomic mass is 16.5. The lowest BCUT2D eigenvalue weighted by Gasteiger charge is -2.20. The second-order valence-corrected chi connectivity index (χ2v) is 4.61. The number of carboxylic acids is 1. The quantitative estimate of drug-likeness (QED) is 0.808. The molecule has 6 heteroatoms. The van der Waals surface area contributed by atoms with E-state index in [1.54, 1.807) is 6.20 Å². The predicted octanol–water partition coefficient (Wildman–Crippen LogP) is 0.772. The van der Waals surface area contributed by atoms with Crippen molar-refractivity contribution in [2.45, 2.75) is 32.1 Å². The molecule has 1 aromatic heterocycles. The van der Waals surface area contributed by atoms with Crippen molar-refractivity contribution in [3.05, 3.63) is 23.3 Å². The molecule has 1 heterocycles. The van der Waals surface area contributed by atoms with Crippen LogP contribution in [-0.4, -0.2) is 34.1 Å². The number of nitrogens with zero attached hydrogens (tertiary/aromatic N) is 2. The van der Waals surface area contributed by atoms with Gasteiger partial charge in [-0.15, -0.1) is 0 Å². The van der Waals surface area contributed by atoms with Crippen LogP contribution in [0.3, 0.4) is 0 Å². The molecule has 1 aliphatic carbocycles. The maximum Gasteiger partial charge on any atom is 0.306 e. The molecule has 0 bridgehead atoms. The fourth-order valence-electron chi connectivity index (χ4n) is 2.20. The Hall–Kier alpha value is -1.98. The summed E-state index contributed by atoms with van der Waals surface area (Å²) in [7, 11) is 1.35. The third-order valence-corrected chi connectivity index (χ3v) is 3.33. The number of fused-ring (bicyclic) bond motifs is 1. The van der Waals surface area contributed by atoms with Crippen molar-refractivity contribution in [2.24, 2.45) is 5.92 Å². The number of aromatic nitrogens is 2. The van der Waals surface area contributed by atoms with Gasteiger partial charge in [0.1, 0.15) is 5.82 Å². The molecular formula is C13H16N2O4. The normalized spacial score (nSPS) is 17.6. The van der Waals surface area contributed by atoms with Gasteiger partial charge in [-0.05, 0) is 24.8 Å². The number of carbonyl (C=O) groups excluding carboxylic acids is 1. The summed E-state index contributed by atoms with van der Waals surface area (Å²) in [5.74, 6) is -0.775. The Balaban J connectivity index is 2.04. The summed E-state index contributed by atoms with van der Waals surface area (Å²) in [6.45, 7) is 0. The molecule has 0 saturated heterocycles. The molecule has 0 spiro atoms. The summed E-state index contributed by atoms with van der Waals surface area (Å²) in [5.41, 5.74) is 1.81. The van der Waals surface area contributed by atoms with Crippen LogP contribution in [0.4, 0.5) is 0 Å².